The van der Waals surface area contributed by atoms with Crippen LogP contribution in [0.1, 0.15) is 22.5 Å². The van der Waals surface area contributed by atoms with E-state index in [0.29, 0.717) is 0 Å². The lowest BCUT2D eigenvalue weighted by Crippen LogP contribution is -2.08. The number of hydrogen-bond acceptors (Lipinski definition) is 3. The Morgan fingerprint density at radius 3 is 1.91 bits per heavy atom. The van der Waals surface area contributed by atoms with Crippen LogP contribution in [0.2, 0.25) is 0 Å². The molecule has 2 nitrogen and oxygen atoms in total. The molecule has 0 spiro atoms. The molecule has 2 atom stereocenters. The maximum atomic E-state index is 10.8. The smallest absolute Gasteiger partial charge is 0.0966 e. The summed E-state index contributed by atoms with van der Waals surface area (Å²) in [5, 5.41) is 11.7. The Labute approximate surface area is 134 Å². The molecule has 3 heteroatoms. The fourth-order valence-corrected chi connectivity index (χ4v) is 3.45. The number of aromatic nitrogens is 1. The second-order valence-electron chi connectivity index (χ2n) is 4.97. The Balaban J connectivity index is 1.93. The fraction of sp³-hybridized carbons (Fsp3) is 0.105. The van der Waals surface area contributed by atoms with Crippen LogP contribution >= 0.6 is 11.8 Å². The molecule has 1 heterocycles. The lowest BCUT2D eigenvalue weighted by Gasteiger charge is -2.23. The molecule has 0 aliphatic heterocycles. The first-order chi connectivity index (χ1) is 10.8. The molecule has 22 heavy (non-hydrogen) atoms. The van der Waals surface area contributed by atoms with Crippen LogP contribution in [-0.2, 0) is 0 Å². The highest BCUT2D eigenvalue weighted by molar-refractivity contribution is 7.99. The standard InChI is InChI=1S/C19H17NOS/c21-18(15-9-3-1-4-10-15)19(16-11-5-2-6-12-16)22-17-13-7-8-14-20-17/h1-14,18-19,21H/t18-,19+/m0/s1. The first-order valence-electron chi connectivity index (χ1n) is 7.20. The van der Waals surface area contributed by atoms with E-state index in [9.17, 15) is 5.11 Å². The summed E-state index contributed by atoms with van der Waals surface area (Å²) >= 11 is 1.58. The van der Waals surface area contributed by atoms with E-state index in [4.69, 9.17) is 0 Å². The number of aliphatic hydroxyl groups is 1. The average molecular weight is 307 g/mol. The zero-order valence-electron chi connectivity index (χ0n) is 12.0. The van der Waals surface area contributed by atoms with Gasteiger partial charge in [0.1, 0.15) is 0 Å². The summed E-state index contributed by atoms with van der Waals surface area (Å²) in [6.45, 7) is 0. The molecular weight excluding hydrogens is 290 g/mol. The van der Waals surface area contributed by atoms with Crippen molar-refractivity contribution in [2.24, 2.45) is 0 Å². The normalized spacial score (nSPS) is 13.5. The van der Waals surface area contributed by atoms with Crippen LogP contribution < -0.4 is 0 Å². The van der Waals surface area contributed by atoms with Crippen LogP contribution in [0.4, 0.5) is 0 Å². The van der Waals surface area contributed by atoms with Crippen LogP contribution in [0.25, 0.3) is 0 Å². The molecule has 3 rings (SSSR count). The van der Waals surface area contributed by atoms with Gasteiger partial charge in [-0.2, -0.15) is 0 Å². The van der Waals surface area contributed by atoms with Gasteiger partial charge in [-0.15, -0.1) is 0 Å². The second-order valence-corrected chi connectivity index (χ2v) is 6.13. The van der Waals surface area contributed by atoms with Gasteiger partial charge in [-0.3, -0.25) is 0 Å². The highest BCUT2D eigenvalue weighted by Gasteiger charge is 2.24. The Hall–Kier alpha value is -2.10. The molecule has 110 valence electrons. The van der Waals surface area contributed by atoms with Gasteiger partial charge in [0.2, 0.25) is 0 Å². The van der Waals surface area contributed by atoms with E-state index in [2.05, 4.69) is 4.98 Å². The van der Waals surface area contributed by atoms with Crippen molar-refractivity contribution in [3.05, 3.63) is 96.2 Å². The van der Waals surface area contributed by atoms with E-state index in [-0.39, 0.29) is 5.25 Å². The Morgan fingerprint density at radius 2 is 1.32 bits per heavy atom. The van der Waals surface area contributed by atoms with Gasteiger partial charge in [-0.05, 0) is 23.3 Å². The van der Waals surface area contributed by atoms with E-state index < -0.39 is 6.10 Å². The molecule has 0 unspecified atom stereocenters. The van der Waals surface area contributed by atoms with Gasteiger partial charge in [-0.1, -0.05) is 78.5 Å². The minimum absolute atomic E-state index is 0.0986. The molecule has 0 bridgehead atoms. The Bertz CT molecular complexity index is 688. The van der Waals surface area contributed by atoms with Gasteiger partial charge < -0.3 is 5.11 Å². The van der Waals surface area contributed by atoms with Gasteiger partial charge in [0.25, 0.3) is 0 Å². The van der Waals surface area contributed by atoms with Crippen LogP contribution in [0.5, 0.6) is 0 Å². The largest absolute Gasteiger partial charge is 0.387 e. The number of rotatable bonds is 5. The maximum absolute atomic E-state index is 10.8. The van der Waals surface area contributed by atoms with Crippen molar-refractivity contribution in [3.63, 3.8) is 0 Å². The van der Waals surface area contributed by atoms with Crippen molar-refractivity contribution in [1.29, 1.82) is 0 Å². The Morgan fingerprint density at radius 1 is 0.727 bits per heavy atom. The summed E-state index contributed by atoms with van der Waals surface area (Å²) in [7, 11) is 0. The third-order valence-electron chi connectivity index (χ3n) is 3.44. The third kappa shape index (κ3) is 3.56. The molecule has 0 radical (unpaired) electrons. The summed E-state index contributed by atoms with van der Waals surface area (Å²) < 4.78 is 0. The predicted molar refractivity (Wildman–Crippen MR) is 90.7 cm³/mol. The average Bonchev–Trinajstić information content (AvgIpc) is 2.61. The quantitative estimate of drug-likeness (QED) is 0.697. The monoisotopic (exact) mass is 307 g/mol. The van der Waals surface area contributed by atoms with E-state index in [0.717, 1.165) is 16.2 Å². The number of nitrogens with zero attached hydrogens (tertiary/aromatic N) is 1. The van der Waals surface area contributed by atoms with Crippen molar-refractivity contribution in [2.75, 3.05) is 0 Å². The SMILES string of the molecule is O[C@@H](c1ccccc1)[C@H](Sc1ccccn1)c1ccccc1. The van der Waals surface area contributed by atoms with Gasteiger partial charge in [-0.25, -0.2) is 4.98 Å². The molecule has 0 fully saturated rings. The number of benzene rings is 2. The number of hydrogen-bond donors (Lipinski definition) is 1. The number of aliphatic hydroxyl groups excluding tert-OH is 1. The summed E-state index contributed by atoms with van der Waals surface area (Å²) in [5.41, 5.74) is 2.01. The van der Waals surface area contributed by atoms with Crippen molar-refractivity contribution >= 4 is 11.8 Å². The molecule has 1 N–H and O–H groups in total. The molecule has 0 saturated heterocycles. The van der Waals surface area contributed by atoms with Gasteiger partial charge >= 0.3 is 0 Å². The fourth-order valence-electron chi connectivity index (χ4n) is 2.33. The van der Waals surface area contributed by atoms with Crippen LogP contribution in [-0.4, -0.2) is 10.1 Å². The molecular formula is C19H17NOS. The number of pyridine rings is 1. The molecule has 0 aliphatic carbocycles. The van der Waals surface area contributed by atoms with Crippen LogP contribution in [0.15, 0.2) is 90.1 Å². The molecule has 0 saturated carbocycles. The van der Waals surface area contributed by atoms with E-state index in [1.807, 2.05) is 78.9 Å². The van der Waals surface area contributed by atoms with E-state index in [1.54, 1.807) is 18.0 Å². The summed E-state index contributed by atoms with van der Waals surface area (Å²) in [6, 6.07) is 25.7. The van der Waals surface area contributed by atoms with Gasteiger partial charge in [0.05, 0.1) is 16.4 Å². The first kappa shape index (κ1) is 14.8. The molecule has 3 aromatic rings. The summed E-state index contributed by atoms with van der Waals surface area (Å²) in [4.78, 5) is 4.37. The van der Waals surface area contributed by atoms with Crippen molar-refractivity contribution < 1.29 is 5.11 Å². The molecule has 0 aliphatic rings. The van der Waals surface area contributed by atoms with E-state index >= 15 is 0 Å². The molecule has 0 amide bonds. The van der Waals surface area contributed by atoms with Crippen LogP contribution in [0, 0.1) is 0 Å². The van der Waals surface area contributed by atoms with Crippen molar-refractivity contribution in [2.45, 2.75) is 16.4 Å². The van der Waals surface area contributed by atoms with Crippen LogP contribution in [0.3, 0.4) is 0 Å². The van der Waals surface area contributed by atoms with Gasteiger partial charge in [0, 0.05) is 6.20 Å². The zero-order valence-corrected chi connectivity index (χ0v) is 12.9. The first-order valence-corrected chi connectivity index (χ1v) is 8.08. The minimum atomic E-state index is -0.587. The van der Waals surface area contributed by atoms with E-state index in [1.165, 1.54) is 0 Å². The summed E-state index contributed by atoms with van der Waals surface area (Å²) in [5.74, 6) is 0. The Kier molecular flexibility index (Phi) is 4.88. The predicted octanol–water partition coefficient (Wildman–Crippen LogP) is 4.65. The van der Waals surface area contributed by atoms with Crippen molar-refractivity contribution in [3.8, 4) is 0 Å². The lowest BCUT2D eigenvalue weighted by atomic mass is 10.0. The minimum Gasteiger partial charge on any atom is -0.387 e. The highest BCUT2D eigenvalue weighted by atomic mass is 32.2. The molecule has 1 aromatic heterocycles. The molecule has 2 aromatic carbocycles. The number of thioether (sulfide) groups is 1. The topological polar surface area (TPSA) is 33.1 Å². The zero-order chi connectivity index (χ0) is 15.2. The second kappa shape index (κ2) is 7.25. The maximum Gasteiger partial charge on any atom is 0.0966 e. The highest BCUT2D eigenvalue weighted by Crippen LogP contribution is 2.43. The third-order valence-corrected chi connectivity index (χ3v) is 4.71. The van der Waals surface area contributed by atoms with Crippen molar-refractivity contribution in [1.82, 2.24) is 4.98 Å². The van der Waals surface area contributed by atoms with Gasteiger partial charge in [0.15, 0.2) is 0 Å². The summed E-state index contributed by atoms with van der Waals surface area (Å²) in [6.07, 6.45) is 1.19. The lowest BCUT2D eigenvalue weighted by molar-refractivity contribution is 0.175.